The number of nitrogens with one attached hydrogen (secondary N) is 2. The predicted octanol–water partition coefficient (Wildman–Crippen LogP) is 1.79. The lowest BCUT2D eigenvalue weighted by Gasteiger charge is -2.24. The third-order valence-electron chi connectivity index (χ3n) is 3.11. The Morgan fingerprint density at radius 2 is 1.90 bits per heavy atom. The lowest BCUT2D eigenvalue weighted by Crippen LogP contribution is -2.46. The van der Waals surface area contributed by atoms with E-state index < -0.39 is 0 Å². The minimum Gasteiger partial charge on any atom is -0.377 e. The first-order valence-electron chi connectivity index (χ1n) is 7.19. The van der Waals surface area contributed by atoms with Crippen LogP contribution >= 0.6 is 0 Å². The summed E-state index contributed by atoms with van der Waals surface area (Å²) in [4.78, 5) is 4.16. The molecule has 0 saturated heterocycles. The highest BCUT2D eigenvalue weighted by molar-refractivity contribution is 5.79. The minimum absolute atomic E-state index is 0.221. The summed E-state index contributed by atoms with van der Waals surface area (Å²) < 4.78 is 11.0. The smallest absolute Gasteiger partial charge is 0.191 e. The van der Waals surface area contributed by atoms with Gasteiger partial charge >= 0.3 is 0 Å². The Kier molecular flexibility index (Phi) is 7.79. The van der Waals surface area contributed by atoms with Crippen LogP contribution in [0, 0.1) is 0 Å². The van der Waals surface area contributed by atoms with Gasteiger partial charge in [0.15, 0.2) is 5.96 Å². The standard InChI is InChI=1S/C16H27N3O2/c1-16(2,20-4)13-19-15(17-3)18-10-11-21-12-14-8-6-5-7-9-14/h5-9H,10-13H2,1-4H3,(H2,17,18,19). The molecule has 5 heteroatoms. The van der Waals surface area contributed by atoms with E-state index in [9.17, 15) is 0 Å². The molecule has 0 aliphatic carbocycles. The van der Waals surface area contributed by atoms with Crippen LogP contribution in [-0.4, -0.2) is 45.4 Å². The van der Waals surface area contributed by atoms with Crippen molar-refractivity contribution in [2.24, 2.45) is 4.99 Å². The molecule has 0 radical (unpaired) electrons. The van der Waals surface area contributed by atoms with E-state index in [0.717, 1.165) is 5.96 Å². The largest absolute Gasteiger partial charge is 0.377 e. The van der Waals surface area contributed by atoms with Gasteiger partial charge in [0.2, 0.25) is 0 Å². The van der Waals surface area contributed by atoms with Gasteiger partial charge in [-0.05, 0) is 19.4 Å². The highest BCUT2D eigenvalue weighted by Crippen LogP contribution is 2.04. The Labute approximate surface area is 127 Å². The van der Waals surface area contributed by atoms with Crippen LogP contribution in [-0.2, 0) is 16.1 Å². The van der Waals surface area contributed by atoms with Crippen LogP contribution in [0.3, 0.4) is 0 Å². The monoisotopic (exact) mass is 293 g/mol. The zero-order chi connectivity index (χ0) is 15.6. The SMILES string of the molecule is CN=C(NCCOCc1ccccc1)NCC(C)(C)OC. The number of methoxy groups -OCH3 is 1. The molecule has 0 heterocycles. The summed E-state index contributed by atoms with van der Waals surface area (Å²) in [5, 5.41) is 6.44. The van der Waals surface area contributed by atoms with Crippen LogP contribution in [0.1, 0.15) is 19.4 Å². The van der Waals surface area contributed by atoms with E-state index in [0.29, 0.717) is 26.3 Å². The van der Waals surface area contributed by atoms with E-state index in [1.54, 1.807) is 14.2 Å². The molecular formula is C16H27N3O2. The second-order valence-electron chi connectivity index (χ2n) is 5.35. The van der Waals surface area contributed by atoms with Crippen LogP contribution in [0.5, 0.6) is 0 Å². The van der Waals surface area contributed by atoms with Crippen molar-refractivity contribution in [3.63, 3.8) is 0 Å². The molecule has 1 aromatic carbocycles. The molecule has 0 fully saturated rings. The van der Waals surface area contributed by atoms with E-state index >= 15 is 0 Å². The van der Waals surface area contributed by atoms with Crippen LogP contribution in [0.25, 0.3) is 0 Å². The van der Waals surface area contributed by atoms with E-state index in [4.69, 9.17) is 9.47 Å². The number of aliphatic imine (C=N–C) groups is 1. The highest BCUT2D eigenvalue weighted by atomic mass is 16.5. The summed E-state index contributed by atoms with van der Waals surface area (Å²) in [5.74, 6) is 0.753. The molecular weight excluding hydrogens is 266 g/mol. The van der Waals surface area contributed by atoms with E-state index in [1.807, 2.05) is 32.0 Å². The maximum Gasteiger partial charge on any atom is 0.191 e. The van der Waals surface area contributed by atoms with Crippen molar-refractivity contribution in [3.8, 4) is 0 Å². The molecule has 0 spiro atoms. The van der Waals surface area contributed by atoms with Gasteiger partial charge in [-0.1, -0.05) is 30.3 Å². The number of benzene rings is 1. The maximum atomic E-state index is 5.61. The maximum absolute atomic E-state index is 5.61. The fourth-order valence-electron chi connectivity index (χ4n) is 1.60. The Morgan fingerprint density at radius 1 is 1.19 bits per heavy atom. The third-order valence-corrected chi connectivity index (χ3v) is 3.11. The van der Waals surface area contributed by atoms with Gasteiger partial charge in [-0.3, -0.25) is 4.99 Å². The lowest BCUT2D eigenvalue weighted by molar-refractivity contribution is 0.0268. The van der Waals surface area contributed by atoms with Crippen molar-refractivity contribution in [3.05, 3.63) is 35.9 Å². The van der Waals surface area contributed by atoms with Gasteiger partial charge in [-0.15, -0.1) is 0 Å². The molecule has 0 amide bonds. The molecule has 0 aliphatic rings. The molecule has 21 heavy (non-hydrogen) atoms. The summed E-state index contributed by atoms with van der Waals surface area (Å²) in [6, 6.07) is 10.1. The van der Waals surface area contributed by atoms with Crippen molar-refractivity contribution in [2.75, 3.05) is 33.9 Å². The third kappa shape index (κ3) is 7.68. The summed E-state index contributed by atoms with van der Waals surface area (Å²) in [6.07, 6.45) is 0. The van der Waals surface area contributed by atoms with Crippen LogP contribution in [0.2, 0.25) is 0 Å². The Morgan fingerprint density at radius 3 is 2.52 bits per heavy atom. The van der Waals surface area contributed by atoms with Gasteiger partial charge in [0.05, 0.1) is 18.8 Å². The topological polar surface area (TPSA) is 54.9 Å². The number of nitrogens with zero attached hydrogens (tertiary/aromatic N) is 1. The Bertz CT molecular complexity index is 419. The van der Waals surface area contributed by atoms with Crippen molar-refractivity contribution in [2.45, 2.75) is 26.1 Å². The highest BCUT2D eigenvalue weighted by Gasteiger charge is 2.16. The molecule has 1 rings (SSSR count). The predicted molar refractivity (Wildman–Crippen MR) is 86.6 cm³/mol. The van der Waals surface area contributed by atoms with Crippen molar-refractivity contribution in [1.29, 1.82) is 0 Å². The van der Waals surface area contributed by atoms with Gasteiger partial charge < -0.3 is 20.1 Å². The van der Waals surface area contributed by atoms with E-state index in [1.165, 1.54) is 5.56 Å². The number of rotatable bonds is 8. The van der Waals surface area contributed by atoms with Crippen molar-refractivity contribution < 1.29 is 9.47 Å². The van der Waals surface area contributed by atoms with Gasteiger partial charge in [-0.25, -0.2) is 0 Å². The summed E-state index contributed by atoms with van der Waals surface area (Å²) >= 11 is 0. The first kappa shape index (κ1) is 17.5. The zero-order valence-electron chi connectivity index (χ0n) is 13.5. The molecule has 0 saturated carbocycles. The average Bonchev–Trinajstić information content (AvgIpc) is 2.51. The molecule has 2 N–H and O–H groups in total. The lowest BCUT2D eigenvalue weighted by atomic mass is 10.1. The molecule has 5 nitrogen and oxygen atoms in total. The molecule has 1 aromatic rings. The van der Waals surface area contributed by atoms with Gasteiger partial charge in [0.1, 0.15) is 0 Å². The summed E-state index contributed by atoms with van der Waals surface area (Å²) in [7, 11) is 3.45. The van der Waals surface area contributed by atoms with Crippen LogP contribution < -0.4 is 10.6 Å². The first-order chi connectivity index (χ1) is 10.1. The number of ether oxygens (including phenoxy) is 2. The Hall–Kier alpha value is -1.59. The van der Waals surface area contributed by atoms with Gasteiger partial charge in [0.25, 0.3) is 0 Å². The van der Waals surface area contributed by atoms with Gasteiger partial charge in [0, 0.05) is 27.2 Å². The normalized spacial score (nSPS) is 12.3. The number of hydrogen-bond donors (Lipinski definition) is 2. The van der Waals surface area contributed by atoms with E-state index in [2.05, 4.69) is 27.8 Å². The quantitative estimate of drug-likeness (QED) is 0.436. The average molecular weight is 293 g/mol. The molecule has 0 aliphatic heterocycles. The molecule has 0 aromatic heterocycles. The van der Waals surface area contributed by atoms with E-state index in [-0.39, 0.29) is 5.60 Å². The molecule has 0 bridgehead atoms. The molecule has 0 unspecified atom stereocenters. The summed E-state index contributed by atoms with van der Waals surface area (Å²) in [6.45, 7) is 6.70. The molecule has 118 valence electrons. The molecule has 0 atom stereocenters. The zero-order valence-corrected chi connectivity index (χ0v) is 13.5. The van der Waals surface area contributed by atoms with Gasteiger partial charge in [-0.2, -0.15) is 0 Å². The fraction of sp³-hybridized carbons (Fsp3) is 0.562. The van der Waals surface area contributed by atoms with Crippen LogP contribution in [0.15, 0.2) is 35.3 Å². The fourth-order valence-corrected chi connectivity index (χ4v) is 1.60. The number of hydrogen-bond acceptors (Lipinski definition) is 3. The second kappa shape index (κ2) is 9.37. The van der Waals surface area contributed by atoms with Crippen molar-refractivity contribution >= 4 is 5.96 Å². The number of guanidine groups is 1. The second-order valence-corrected chi connectivity index (χ2v) is 5.35. The summed E-state index contributed by atoms with van der Waals surface area (Å²) in [5.41, 5.74) is 0.961. The Balaban J connectivity index is 2.15. The first-order valence-corrected chi connectivity index (χ1v) is 7.19. The minimum atomic E-state index is -0.221. The van der Waals surface area contributed by atoms with Crippen LogP contribution in [0.4, 0.5) is 0 Å². The van der Waals surface area contributed by atoms with Crippen molar-refractivity contribution in [1.82, 2.24) is 10.6 Å².